The van der Waals surface area contributed by atoms with Gasteiger partial charge in [-0.05, 0) is 12.3 Å². The average molecular weight is 238 g/mol. The molecule has 1 aromatic heterocycles. The third kappa shape index (κ3) is 2.83. The Bertz CT molecular complexity index is 402. The van der Waals surface area contributed by atoms with Gasteiger partial charge in [0.2, 0.25) is 5.91 Å². The second-order valence-corrected chi connectivity index (χ2v) is 4.70. The number of aromatic amines is 1. The highest BCUT2D eigenvalue weighted by Gasteiger charge is 2.28. The smallest absolute Gasteiger partial charge is 0.242 e. The van der Waals surface area contributed by atoms with Crippen LogP contribution < -0.4 is 10.6 Å². The van der Waals surface area contributed by atoms with Crippen molar-refractivity contribution in [2.24, 2.45) is 0 Å². The van der Waals surface area contributed by atoms with E-state index in [-0.39, 0.29) is 11.9 Å². The lowest BCUT2D eigenvalue weighted by Gasteiger charge is -2.08. The second kappa shape index (κ2) is 4.85. The van der Waals surface area contributed by atoms with E-state index >= 15 is 0 Å². The summed E-state index contributed by atoms with van der Waals surface area (Å²) < 4.78 is 0. The Hall–Kier alpha value is -1.40. The second-order valence-electron chi connectivity index (χ2n) is 4.70. The number of rotatable bonds is 3. The molecule has 94 valence electrons. The molecular weight excluding hydrogens is 220 g/mol. The van der Waals surface area contributed by atoms with E-state index in [0.29, 0.717) is 24.7 Å². The molecule has 0 radical (unpaired) electrons. The van der Waals surface area contributed by atoms with E-state index in [1.807, 2.05) is 19.9 Å². The summed E-state index contributed by atoms with van der Waals surface area (Å²) in [4.78, 5) is 11.8. The van der Waals surface area contributed by atoms with Gasteiger partial charge in [0.05, 0.1) is 12.1 Å². The molecule has 0 spiro atoms. The van der Waals surface area contributed by atoms with Crippen LogP contribution >= 0.6 is 0 Å². The molecule has 2 rings (SSSR count). The van der Waals surface area contributed by atoms with Gasteiger partial charge >= 0.3 is 0 Å². The Balaban J connectivity index is 1.93. The zero-order chi connectivity index (χ0) is 12.4. The van der Waals surface area contributed by atoms with Crippen molar-refractivity contribution in [3.63, 3.8) is 0 Å². The number of carbonyl (C=O) groups excluding carboxylic acids is 1. The number of anilines is 1. The van der Waals surface area contributed by atoms with Crippen LogP contribution in [-0.2, 0) is 4.79 Å². The van der Waals surface area contributed by atoms with Crippen LogP contribution in [0.1, 0.15) is 31.9 Å². The standard InChI is InChI=1S/C11H18N4O2/c1-6(2)8-4-10(15-14-8)13-11(17)9-3-7(16)5-12-9/h4,6-7,9,12,16H,3,5H2,1-2H3,(H2,13,14,15,17). The van der Waals surface area contributed by atoms with Crippen molar-refractivity contribution in [3.05, 3.63) is 11.8 Å². The van der Waals surface area contributed by atoms with Crippen molar-refractivity contribution in [2.45, 2.75) is 38.3 Å². The van der Waals surface area contributed by atoms with Crippen molar-refractivity contribution in [1.82, 2.24) is 15.5 Å². The Kier molecular flexibility index (Phi) is 3.44. The lowest BCUT2D eigenvalue weighted by atomic mass is 10.1. The maximum Gasteiger partial charge on any atom is 0.242 e. The molecule has 6 heteroatoms. The fourth-order valence-electron chi connectivity index (χ4n) is 1.83. The maximum atomic E-state index is 11.8. The largest absolute Gasteiger partial charge is 0.392 e. The third-order valence-corrected chi connectivity index (χ3v) is 2.90. The van der Waals surface area contributed by atoms with Crippen LogP contribution in [0.2, 0.25) is 0 Å². The number of hydrogen-bond acceptors (Lipinski definition) is 4. The van der Waals surface area contributed by atoms with Crippen LogP contribution in [0.25, 0.3) is 0 Å². The predicted octanol–water partition coefficient (Wildman–Crippen LogP) is 0.194. The topological polar surface area (TPSA) is 90.0 Å². The summed E-state index contributed by atoms with van der Waals surface area (Å²) in [5.41, 5.74) is 0.986. The molecule has 1 amide bonds. The summed E-state index contributed by atoms with van der Waals surface area (Å²) >= 11 is 0. The van der Waals surface area contributed by atoms with Crippen LogP contribution in [0.3, 0.4) is 0 Å². The first-order chi connectivity index (χ1) is 8.06. The van der Waals surface area contributed by atoms with Crippen molar-refractivity contribution in [3.8, 4) is 0 Å². The highest BCUT2D eigenvalue weighted by Crippen LogP contribution is 2.15. The quantitative estimate of drug-likeness (QED) is 0.605. The summed E-state index contributed by atoms with van der Waals surface area (Å²) in [7, 11) is 0. The molecule has 0 bridgehead atoms. The van der Waals surface area contributed by atoms with Crippen molar-refractivity contribution in [1.29, 1.82) is 0 Å². The number of nitrogens with zero attached hydrogens (tertiary/aromatic N) is 1. The van der Waals surface area contributed by atoms with Crippen molar-refractivity contribution < 1.29 is 9.90 Å². The first-order valence-electron chi connectivity index (χ1n) is 5.84. The predicted molar refractivity (Wildman–Crippen MR) is 63.7 cm³/mol. The molecule has 17 heavy (non-hydrogen) atoms. The number of aliphatic hydroxyl groups excluding tert-OH is 1. The molecule has 1 aromatic rings. The SMILES string of the molecule is CC(C)c1cc(NC(=O)C2CC(O)CN2)n[nH]1. The molecule has 4 N–H and O–H groups in total. The molecule has 2 atom stereocenters. The lowest BCUT2D eigenvalue weighted by molar-refractivity contribution is -0.118. The van der Waals surface area contributed by atoms with E-state index in [0.717, 1.165) is 5.69 Å². The fraction of sp³-hybridized carbons (Fsp3) is 0.636. The molecule has 1 aliphatic heterocycles. The first-order valence-corrected chi connectivity index (χ1v) is 5.84. The molecule has 0 saturated carbocycles. The van der Waals surface area contributed by atoms with Crippen LogP contribution in [0.15, 0.2) is 6.07 Å². The number of nitrogens with one attached hydrogen (secondary N) is 3. The van der Waals surface area contributed by atoms with Gasteiger partial charge in [0, 0.05) is 18.3 Å². The van der Waals surface area contributed by atoms with Crippen LogP contribution in [0, 0.1) is 0 Å². The maximum absolute atomic E-state index is 11.8. The molecule has 2 heterocycles. The minimum Gasteiger partial charge on any atom is -0.392 e. The molecule has 1 saturated heterocycles. The first kappa shape index (κ1) is 12.1. The third-order valence-electron chi connectivity index (χ3n) is 2.90. The Morgan fingerprint density at radius 2 is 2.41 bits per heavy atom. The molecule has 2 unspecified atom stereocenters. The zero-order valence-electron chi connectivity index (χ0n) is 10.0. The molecule has 1 aliphatic rings. The molecule has 6 nitrogen and oxygen atoms in total. The van der Waals surface area contributed by atoms with Crippen molar-refractivity contribution in [2.75, 3.05) is 11.9 Å². The van der Waals surface area contributed by atoms with Gasteiger partial charge in [0.25, 0.3) is 0 Å². The fourth-order valence-corrected chi connectivity index (χ4v) is 1.83. The highest BCUT2D eigenvalue weighted by molar-refractivity contribution is 5.94. The van der Waals surface area contributed by atoms with Crippen molar-refractivity contribution >= 4 is 11.7 Å². The summed E-state index contributed by atoms with van der Waals surface area (Å²) in [5.74, 6) is 0.727. The normalized spacial score (nSPS) is 24.2. The van der Waals surface area contributed by atoms with Gasteiger partial charge in [-0.15, -0.1) is 0 Å². The zero-order valence-corrected chi connectivity index (χ0v) is 10.0. The number of aliphatic hydroxyl groups is 1. The van der Waals surface area contributed by atoms with E-state index in [9.17, 15) is 9.90 Å². The lowest BCUT2D eigenvalue weighted by Crippen LogP contribution is -2.35. The highest BCUT2D eigenvalue weighted by atomic mass is 16.3. The van der Waals surface area contributed by atoms with Gasteiger partial charge in [0.1, 0.15) is 0 Å². The van der Waals surface area contributed by atoms with E-state index < -0.39 is 6.10 Å². The summed E-state index contributed by atoms with van der Waals surface area (Å²) in [5, 5.41) is 21.9. The molecule has 0 aromatic carbocycles. The minimum atomic E-state index is -0.434. The number of amides is 1. The number of carbonyl (C=O) groups is 1. The number of H-pyrrole nitrogens is 1. The Morgan fingerprint density at radius 3 is 2.94 bits per heavy atom. The molecule has 1 fully saturated rings. The average Bonchev–Trinajstić information content (AvgIpc) is 2.86. The monoisotopic (exact) mass is 238 g/mol. The van der Waals surface area contributed by atoms with Gasteiger partial charge in [-0.25, -0.2) is 0 Å². The van der Waals surface area contributed by atoms with Gasteiger partial charge < -0.3 is 15.7 Å². The molecule has 0 aliphatic carbocycles. The van der Waals surface area contributed by atoms with E-state index in [1.165, 1.54) is 0 Å². The summed E-state index contributed by atoms with van der Waals surface area (Å²) in [6.45, 7) is 4.57. The number of hydrogen-bond donors (Lipinski definition) is 4. The van der Waals surface area contributed by atoms with Gasteiger partial charge in [-0.1, -0.05) is 13.8 Å². The summed E-state index contributed by atoms with van der Waals surface area (Å²) in [6, 6.07) is 1.50. The Labute approximate surface area is 99.8 Å². The van der Waals surface area contributed by atoms with E-state index in [1.54, 1.807) is 0 Å². The van der Waals surface area contributed by atoms with Gasteiger partial charge in [-0.3, -0.25) is 9.89 Å². The Morgan fingerprint density at radius 1 is 1.65 bits per heavy atom. The van der Waals surface area contributed by atoms with Gasteiger partial charge in [-0.2, -0.15) is 5.10 Å². The molecular formula is C11H18N4O2. The van der Waals surface area contributed by atoms with E-state index in [4.69, 9.17) is 0 Å². The van der Waals surface area contributed by atoms with Crippen LogP contribution in [-0.4, -0.2) is 39.9 Å². The van der Waals surface area contributed by atoms with Gasteiger partial charge in [0.15, 0.2) is 5.82 Å². The number of aromatic nitrogens is 2. The summed E-state index contributed by atoms with van der Waals surface area (Å²) in [6.07, 6.45) is 0.0176. The minimum absolute atomic E-state index is 0.150. The number of β-amino-alcohol motifs (C(OH)–C–C–N with tert-alkyl or cyclic N) is 1. The van der Waals surface area contributed by atoms with Crippen LogP contribution in [0.4, 0.5) is 5.82 Å². The van der Waals surface area contributed by atoms with Crippen LogP contribution in [0.5, 0.6) is 0 Å². The van der Waals surface area contributed by atoms with E-state index in [2.05, 4.69) is 20.8 Å².